The second-order valence-electron chi connectivity index (χ2n) is 4.73. The Balaban J connectivity index is 2.01. The Bertz CT molecular complexity index is 717. The molecule has 112 valence electrons. The second-order valence-corrected chi connectivity index (χ2v) is 7.46. The van der Waals surface area contributed by atoms with Gasteiger partial charge in [0.1, 0.15) is 0 Å². The normalized spacial score (nSPS) is 11.5. The van der Waals surface area contributed by atoms with Crippen LogP contribution in [0.5, 0.6) is 0 Å². The predicted molar refractivity (Wildman–Crippen MR) is 87.9 cm³/mol. The Morgan fingerprint density at radius 3 is 2.38 bits per heavy atom. The van der Waals surface area contributed by atoms with Gasteiger partial charge in [-0.3, -0.25) is 0 Å². The number of halogens is 1. The molecule has 0 spiro atoms. The third-order valence-corrected chi connectivity index (χ3v) is 4.76. The van der Waals surface area contributed by atoms with Crippen molar-refractivity contribution < 1.29 is 8.42 Å². The van der Waals surface area contributed by atoms with Crippen molar-refractivity contribution in [2.75, 3.05) is 0 Å². The molecule has 2 aromatic rings. The number of nitrogens with two attached hydrogens (primary N) is 1. The standard InChI is InChI=1S/C15H17BrN2O2S/c16-15-6-2-4-13(8-15)10-18-21(19,20)11-14-5-1-3-12(7-14)9-17/h1-8,18H,9-11,17H2. The van der Waals surface area contributed by atoms with E-state index < -0.39 is 10.0 Å². The lowest BCUT2D eigenvalue weighted by molar-refractivity contribution is 0.580. The molecule has 3 N–H and O–H groups in total. The van der Waals surface area contributed by atoms with Crippen LogP contribution >= 0.6 is 15.9 Å². The maximum absolute atomic E-state index is 12.1. The van der Waals surface area contributed by atoms with Crippen LogP contribution in [0.15, 0.2) is 53.0 Å². The van der Waals surface area contributed by atoms with Gasteiger partial charge >= 0.3 is 0 Å². The van der Waals surface area contributed by atoms with Gasteiger partial charge < -0.3 is 5.73 Å². The summed E-state index contributed by atoms with van der Waals surface area (Å²) >= 11 is 3.36. The third-order valence-electron chi connectivity index (χ3n) is 2.97. The molecule has 0 saturated carbocycles. The number of hydrogen-bond donors (Lipinski definition) is 2. The average Bonchev–Trinajstić information content (AvgIpc) is 2.45. The number of rotatable bonds is 6. The lowest BCUT2D eigenvalue weighted by Crippen LogP contribution is -2.24. The van der Waals surface area contributed by atoms with E-state index in [0.717, 1.165) is 21.2 Å². The fourth-order valence-electron chi connectivity index (χ4n) is 1.96. The smallest absolute Gasteiger partial charge is 0.216 e. The Labute approximate surface area is 133 Å². The van der Waals surface area contributed by atoms with E-state index in [-0.39, 0.29) is 12.3 Å². The monoisotopic (exact) mass is 368 g/mol. The molecule has 4 nitrogen and oxygen atoms in total. The summed E-state index contributed by atoms with van der Waals surface area (Å²) in [6.07, 6.45) is 0. The van der Waals surface area contributed by atoms with E-state index in [4.69, 9.17) is 5.73 Å². The Hall–Kier alpha value is -1.21. The summed E-state index contributed by atoms with van der Waals surface area (Å²) in [7, 11) is -3.38. The van der Waals surface area contributed by atoms with Crippen molar-refractivity contribution in [1.82, 2.24) is 4.72 Å². The number of sulfonamides is 1. The van der Waals surface area contributed by atoms with Gasteiger partial charge in [0.2, 0.25) is 10.0 Å². The summed E-state index contributed by atoms with van der Waals surface area (Å²) in [5, 5.41) is 0. The Morgan fingerprint density at radius 2 is 1.67 bits per heavy atom. The van der Waals surface area contributed by atoms with E-state index in [1.165, 1.54) is 0 Å². The molecular weight excluding hydrogens is 352 g/mol. The minimum Gasteiger partial charge on any atom is -0.326 e. The molecule has 0 aromatic heterocycles. The van der Waals surface area contributed by atoms with Crippen molar-refractivity contribution in [3.05, 3.63) is 69.7 Å². The molecule has 0 radical (unpaired) electrons. The van der Waals surface area contributed by atoms with Crippen molar-refractivity contribution in [3.63, 3.8) is 0 Å². The minimum atomic E-state index is -3.38. The zero-order valence-electron chi connectivity index (χ0n) is 11.4. The number of hydrogen-bond acceptors (Lipinski definition) is 3. The average molecular weight is 369 g/mol. The van der Waals surface area contributed by atoms with Crippen LogP contribution in [-0.2, 0) is 28.9 Å². The molecule has 21 heavy (non-hydrogen) atoms. The Kier molecular flexibility index (Phi) is 5.52. The van der Waals surface area contributed by atoms with Crippen LogP contribution in [0.25, 0.3) is 0 Å². The lowest BCUT2D eigenvalue weighted by atomic mass is 10.1. The van der Waals surface area contributed by atoms with Crippen LogP contribution in [0.4, 0.5) is 0 Å². The van der Waals surface area contributed by atoms with E-state index in [2.05, 4.69) is 20.7 Å². The van der Waals surface area contributed by atoms with Gasteiger partial charge in [-0.2, -0.15) is 0 Å². The van der Waals surface area contributed by atoms with Crippen molar-refractivity contribution in [2.45, 2.75) is 18.8 Å². The van der Waals surface area contributed by atoms with Gasteiger partial charge in [-0.25, -0.2) is 13.1 Å². The second kappa shape index (κ2) is 7.17. The first-order valence-corrected chi connectivity index (χ1v) is 8.93. The molecule has 2 aromatic carbocycles. The van der Waals surface area contributed by atoms with Crippen LogP contribution in [0.3, 0.4) is 0 Å². The first-order chi connectivity index (χ1) is 9.98. The van der Waals surface area contributed by atoms with Gasteiger partial charge in [0.05, 0.1) is 5.75 Å². The fourth-order valence-corrected chi connectivity index (χ4v) is 3.51. The zero-order chi connectivity index (χ0) is 15.3. The molecule has 0 aliphatic carbocycles. The van der Waals surface area contributed by atoms with Crippen LogP contribution in [0.1, 0.15) is 16.7 Å². The molecule has 0 atom stereocenters. The summed E-state index contributed by atoms with van der Waals surface area (Å²) < 4.78 is 27.7. The van der Waals surface area contributed by atoms with Crippen LogP contribution in [0.2, 0.25) is 0 Å². The van der Waals surface area contributed by atoms with Crippen LogP contribution in [-0.4, -0.2) is 8.42 Å². The molecule has 0 heterocycles. The summed E-state index contributed by atoms with van der Waals surface area (Å²) in [6.45, 7) is 0.678. The maximum atomic E-state index is 12.1. The van der Waals surface area contributed by atoms with Crippen molar-refractivity contribution in [3.8, 4) is 0 Å². The Morgan fingerprint density at radius 1 is 1.00 bits per heavy atom. The van der Waals surface area contributed by atoms with Gasteiger partial charge in [-0.1, -0.05) is 52.3 Å². The van der Waals surface area contributed by atoms with Gasteiger partial charge in [-0.05, 0) is 28.8 Å². The fraction of sp³-hybridized carbons (Fsp3) is 0.200. The summed E-state index contributed by atoms with van der Waals surface area (Å²) in [5.41, 5.74) is 8.13. The molecule has 0 unspecified atom stereocenters. The summed E-state index contributed by atoms with van der Waals surface area (Å²) in [4.78, 5) is 0. The van der Waals surface area contributed by atoms with Crippen LogP contribution in [0, 0.1) is 0 Å². The first-order valence-electron chi connectivity index (χ1n) is 6.48. The molecular formula is C15H17BrN2O2S. The molecule has 6 heteroatoms. The summed E-state index contributed by atoms with van der Waals surface area (Å²) in [6, 6.07) is 14.8. The highest BCUT2D eigenvalue weighted by molar-refractivity contribution is 9.10. The molecule has 0 aliphatic heterocycles. The highest BCUT2D eigenvalue weighted by Gasteiger charge is 2.11. The number of benzene rings is 2. The minimum absolute atomic E-state index is 0.0468. The molecule has 0 amide bonds. The molecule has 0 aliphatic rings. The van der Waals surface area contributed by atoms with Gasteiger partial charge in [-0.15, -0.1) is 0 Å². The van der Waals surface area contributed by atoms with Crippen LogP contribution < -0.4 is 10.5 Å². The third kappa shape index (κ3) is 5.24. The van der Waals surface area contributed by atoms with E-state index in [9.17, 15) is 8.42 Å². The van der Waals surface area contributed by atoms with E-state index >= 15 is 0 Å². The lowest BCUT2D eigenvalue weighted by Gasteiger charge is -2.08. The van der Waals surface area contributed by atoms with Crippen molar-refractivity contribution >= 4 is 26.0 Å². The van der Waals surface area contributed by atoms with Gasteiger partial charge in [0.15, 0.2) is 0 Å². The topological polar surface area (TPSA) is 72.2 Å². The SMILES string of the molecule is NCc1cccc(CS(=O)(=O)NCc2cccc(Br)c2)c1. The molecule has 0 fully saturated rings. The summed E-state index contributed by atoms with van der Waals surface area (Å²) in [5.74, 6) is -0.0468. The molecule has 2 rings (SSSR count). The highest BCUT2D eigenvalue weighted by Crippen LogP contribution is 2.12. The van der Waals surface area contributed by atoms with Gasteiger partial charge in [0, 0.05) is 17.6 Å². The van der Waals surface area contributed by atoms with E-state index in [1.54, 1.807) is 6.07 Å². The van der Waals surface area contributed by atoms with Crippen molar-refractivity contribution in [1.29, 1.82) is 0 Å². The molecule has 0 bridgehead atoms. The predicted octanol–water partition coefficient (Wildman–Crippen LogP) is 2.53. The largest absolute Gasteiger partial charge is 0.326 e. The van der Waals surface area contributed by atoms with Gasteiger partial charge in [0.25, 0.3) is 0 Å². The first kappa shape index (κ1) is 16.2. The maximum Gasteiger partial charge on any atom is 0.216 e. The van der Waals surface area contributed by atoms with E-state index in [1.807, 2.05) is 42.5 Å². The molecule has 0 saturated heterocycles. The quantitative estimate of drug-likeness (QED) is 0.822. The zero-order valence-corrected chi connectivity index (χ0v) is 13.8. The van der Waals surface area contributed by atoms with Crippen molar-refractivity contribution in [2.24, 2.45) is 5.73 Å². The van der Waals surface area contributed by atoms with E-state index in [0.29, 0.717) is 6.54 Å². The number of nitrogens with one attached hydrogen (secondary N) is 1. The highest BCUT2D eigenvalue weighted by atomic mass is 79.9.